The van der Waals surface area contributed by atoms with Gasteiger partial charge in [0.25, 0.3) is 0 Å². The fourth-order valence-electron chi connectivity index (χ4n) is 0.813. The minimum Gasteiger partial charge on any atom is -0.382 e. The number of nitrogens with two attached hydrogens (primary N) is 1. The van der Waals surface area contributed by atoms with Crippen LogP contribution in [0.2, 0.25) is 0 Å². The number of anilines is 1. The van der Waals surface area contributed by atoms with Gasteiger partial charge in [-0.15, -0.1) is 0 Å². The predicted molar refractivity (Wildman–Crippen MR) is 45.7 cm³/mol. The third-order valence-corrected chi connectivity index (χ3v) is 1.35. The standard InChI is InChI=1S/C7H12N4O/c1-7(2,3)11-6(12)10-5(8)4-9-11/h4H,1-3H3,(H2,8,10,12). The van der Waals surface area contributed by atoms with Crippen molar-refractivity contribution in [1.82, 2.24) is 14.8 Å². The molecule has 0 aliphatic carbocycles. The quantitative estimate of drug-likeness (QED) is 0.590. The van der Waals surface area contributed by atoms with E-state index in [9.17, 15) is 4.79 Å². The second kappa shape index (κ2) is 2.58. The minimum atomic E-state index is -0.414. The van der Waals surface area contributed by atoms with E-state index in [4.69, 9.17) is 5.73 Å². The van der Waals surface area contributed by atoms with Gasteiger partial charge in [0.2, 0.25) is 0 Å². The van der Waals surface area contributed by atoms with E-state index < -0.39 is 5.69 Å². The van der Waals surface area contributed by atoms with Crippen LogP contribution < -0.4 is 11.4 Å². The molecule has 0 amide bonds. The zero-order valence-corrected chi connectivity index (χ0v) is 7.40. The maximum absolute atomic E-state index is 11.2. The first-order valence-electron chi connectivity index (χ1n) is 3.63. The van der Waals surface area contributed by atoms with E-state index in [0.29, 0.717) is 0 Å². The van der Waals surface area contributed by atoms with E-state index >= 15 is 0 Å². The van der Waals surface area contributed by atoms with Gasteiger partial charge in [-0.2, -0.15) is 10.1 Å². The van der Waals surface area contributed by atoms with Gasteiger partial charge in [-0.25, -0.2) is 9.48 Å². The highest BCUT2D eigenvalue weighted by molar-refractivity contribution is 5.19. The van der Waals surface area contributed by atoms with Crippen LogP contribution in [0.4, 0.5) is 5.82 Å². The van der Waals surface area contributed by atoms with E-state index in [0.717, 1.165) is 0 Å². The smallest absolute Gasteiger partial charge is 0.366 e. The molecule has 1 heterocycles. The molecular weight excluding hydrogens is 156 g/mol. The fraction of sp³-hybridized carbons (Fsp3) is 0.571. The zero-order chi connectivity index (χ0) is 9.35. The first-order valence-corrected chi connectivity index (χ1v) is 3.63. The number of aromatic nitrogens is 3. The molecule has 0 aromatic carbocycles. The summed E-state index contributed by atoms with van der Waals surface area (Å²) in [4.78, 5) is 14.8. The lowest BCUT2D eigenvalue weighted by Gasteiger charge is -2.18. The van der Waals surface area contributed by atoms with E-state index in [1.165, 1.54) is 10.9 Å². The third kappa shape index (κ3) is 1.61. The van der Waals surface area contributed by atoms with E-state index in [2.05, 4.69) is 10.1 Å². The van der Waals surface area contributed by atoms with Gasteiger partial charge in [0.05, 0.1) is 11.7 Å². The molecule has 2 N–H and O–H groups in total. The molecule has 0 radical (unpaired) electrons. The third-order valence-electron chi connectivity index (χ3n) is 1.35. The average Bonchev–Trinajstić information content (AvgIpc) is 1.83. The number of hydrogen-bond donors (Lipinski definition) is 1. The molecule has 1 aromatic rings. The van der Waals surface area contributed by atoms with Gasteiger partial charge in [-0.3, -0.25) is 0 Å². The van der Waals surface area contributed by atoms with E-state index in [-0.39, 0.29) is 11.4 Å². The van der Waals surface area contributed by atoms with Crippen LogP contribution in [0.15, 0.2) is 11.0 Å². The molecule has 0 bridgehead atoms. The summed E-state index contributed by atoms with van der Waals surface area (Å²) in [6, 6.07) is 0. The molecule has 0 unspecified atom stereocenters. The Bertz CT molecular complexity index is 336. The molecule has 5 nitrogen and oxygen atoms in total. The second-order valence-electron chi connectivity index (χ2n) is 3.55. The Morgan fingerprint density at radius 2 is 2.08 bits per heavy atom. The molecule has 0 atom stereocenters. The Labute approximate surface area is 70.2 Å². The first-order chi connectivity index (χ1) is 5.41. The Balaban J connectivity index is 3.29. The maximum atomic E-state index is 11.2. The van der Waals surface area contributed by atoms with Crippen molar-refractivity contribution < 1.29 is 0 Å². The minimum absolute atomic E-state index is 0.153. The van der Waals surface area contributed by atoms with Crippen LogP contribution in [-0.4, -0.2) is 14.8 Å². The highest BCUT2D eigenvalue weighted by atomic mass is 16.1. The summed E-state index contributed by atoms with van der Waals surface area (Å²) >= 11 is 0. The summed E-state index contributed by atoms with van der Waals surface area (Å²) in [7, 11) is 0. The molecule has 1 aromatic heterocycles. The van der Waals surface area contributed by atoms with Gasteiger partial charge < -0.3 is 5.73 Å². The molecule has 5 heteroatoms. The molecular formula is C7H12N4O. The van der Waals surface area contributed by atoms with Gasteiger partial charge in [0.15, 0.2) is 0 Å². The van der Waals surface area contributed by atoms with Gasteiger partial charge in [-0.1, -0.05) is 0 Å². The summed E-state index contributed by atoms with van der Waals surface area (Å²) < 4.78 is 1.30. The molecule has 1 rings (SSSR count). The van der Waals surface area contributed by atoms with Crippen LogP contribution in [0.3, 0.4) is 0 Å². The Morgan fingerprint density at radius 1 is 1.50 bits per heavy atom. The van der Waals surface area contributed by atoms with Crippen molar-refractivity contribution in [3.05, 3.63) is 16.7 Å². The van der Waals surface area contributed by atoms with Gasteiger partial charge in [0, 0.05) is 0 Å². The second-order valence-corrected chi connectivity index (χ2v) is 3.55. The van der Waals surface area contributed by atoms with Gasteiger partial charge in [-0.05, 0) is 20.8 Å². The molecule has 0 aliphatic rings. The van der Waals surface area contributed by atoms with Crippen LogP contribution in [0.5, 0.6) is 0 Å². The Kier molecular flexibility index (Phi) is 1.87. The predicted octanol–water partition coefficient (Wildman–Crippen LogP) is -0.0245. The Morgan fingerprint density at radius 3 is 2.50 bits per heavy atom. The van der Waals surface area contributed by atoms with Crippen molar-refractivity contribution in [1.29, 1.82) is 0 Å². The summed E-state index contributed by atoms with van der Waals surface area (Å²) in [5.74, 6) is 0.153. The topological polar surface area (TPSA) is 73.8 Å². The highest BCUT2D eigenvalue weighted by Gasteiger charge is 2.15. The largest absolute Gasteiger partial charge is 0.382 e. The lowest BCUT2D eigenvalue weighted by Crippen LogP contribution is -2.37. The molecule has 0 fully saturated rings. The normalized spacial score (nSPS) is 11.6. The van der Waals surface area contributed by atoms with Gasteiger partial charge in [0.1, 0.15) is 5.82 Å². The summed E-state index contributed by atoms with van der Waals surface area (Å²) in [6.45, 7) is 5.62. The monoisotopic (exact) mass is 168 g/mol. The molecule has 0 aliphatic heterocycles. The zero-order valence-electron chi connectivity index (χ0n) is 7.40. The van der Waals surface area contributed by atoms with Crippen LogP contribution in [-0.2, 0) is 5.54 Å². The highest BCUT2D eigenvalue weighted by Crippen LogP contribution is 2.07. The number of nitrogen functional groups attached to an aromatic ring is 1. The van der Waals surface area contributed by atoms with Crippen molar-refractivity contribution >= 4 is 5.82 Å². The van der Waals surface area contributed by atoms with Crippen molar-refractivity contribution in [2.75, 3.05) is 5.73 Å². The Hall–Kier alpha value is -1.39. The van der Waals surface area contributed by atoms with Crippen molar-refractivity contribution in [3.8, 4) is 0 Å². The van der Waals surface area contributed by atoms with Crippen molar-refractivity contribution in [2.45, 2.75) is 26.3 Å². The summed E-state index contributed by atoms with van der Waals surface area (Å²) in [6.07, 6.45) is 1.37. The van der Waals surface area contributed by atoms with Crippen LogP contribution >= 0.6 is 0 Å². The first kappa shape index (κ1) is 8.70. The van der Waals surface area contributed by atoms with Crippen LogP contribution in [0.25, 0.3) is 0 Å². The molecule has 66 valence electrons. The lowest BCUT2D eigenvalue weighted by atomic mass is 10.1. The van der Waals surface area contributed by atoms with Crippen LogP contribution in [0, 0.1) is 0 Å². The summed E-state index contributed by atoms with van der Waals surface area (Å²) in [5.41, 5.74) is 4.52. The fourth-order valence-corrected chi connectivity index (χ4v) is 0.813. The van der Waals surface area contributed by atoms with Crippen molar-refractivity contribution in [3.63, 3.8) is 0 Å². The maximum Gasteiger partial charge on any atom is 0.366 e. The molecule has 0 saturated carbocycles. The van der Waals surface area contributed by atoms with Gasteiger partial charge >= 0.3 is 5.69 Å². The molecule has 12 heavy (non-hydrogen) atoms. The molecule has 0 spiro atoms. The lowest BCUT2D eigenvalue weighted by molar-refractivity contribution is 0.331. The summed E-state index contributed by atoms with van der Waals surface area (Å²) in [5, 5.41) is 3.87. The van der Waals surface area contributed by atoms with Crippen LogP contribution in [0.1, 0.15) is 20.8 Å². The molecule has 0 saturated heterocycles. The van der Waals surface area contributed by atoms with E-state index in [1.54, 1.807) is 0 Å². The average molecular weight is 168 g/mol. The van der Waals surface area contributed by atoms with Crippen molar-refractivity contribution in [2.24, 2.45) is 0 Å². The number of nitrogens with zero attached hydrogens (tertiary/aromatic N) is 3. The SMILES string of the molecule is CC(C)(C)n1ncc(N)nc1=O. The number of hydrogen-bond acceptors (Lipinski definition) is 4. The van der Waals surface area contributed by atoms with E-state index in [1.807, 2.05) is 20.8 Å². The number of rotatable bonds is 0.